The number of nitrogens with one attached hydrogen (secondary N) is 1. The lowest BCUT2D eigenvalue weighted by Gasteiger charge is -2.32. The van der Waals surface area contributed by atoms with E-state index in [1.807, 2.05) is 0 Å². The third-order valence-corrected chi connectivity index (χ3v) is 5.88. The molecular weight excluding hydrogens is 294 g/mol. The van der Waals surface area contributed by atoms with Crippen molar-refractivity contribution in [1.29, 1.82) is 0 Å². The number of amides is 2. The van der Waals surface area contributed by atoms with Crippen LogP contribution < -0.4 is 5.32 Å². The molecule has 0 radical (unpaired) electrons. The Bertz CT molecular complexity index is 491. The third-order valence-electron chi connectivity index (χ3n) is 5.88. The van der Waals surface area contributed by atoms with Gasteiger partial charge in [0.2, 0.25) is 0 Å². The zero-order valence-corrected chi connectivity index (χ0v) is 12.6. The SMILES string of the molecule is CC12CCN(C(=O)NC3CCC(C(=O)O)CC3)CC1C2(F)F. The average Bonchev–Trinajstić information content (AvgIpc) is 2.92. The molecule has 2 aliphatic carbocycles. The van der Waals surface area contributed by atoms with Crippen LogP contribution in [0, 0.1) is 17.3 Å². The van der Waals surface area contributed by atoms with Crippen LogP contribution in [0.1, 0.15) is 39.0 Å². The molecular formula is C15H22F2N2O3. The van der Waals surface area contributed by atoms with E-state index in [9.17, 15) is 18.4 Å². The van der Waals surface area contributed by atoms with Crippen LogP contribution in [0.2, 0.25) is 0 Å². The first kappa shape index (κ1) is 15.5. The summed E-state index contributed by atoms with van der Waals surface area (Å²) in [6.45, 7) is 2.07. The number of hydrogen-bond acceptors (Lipinski definition) is 2. The quantitative estimate of drug-likeness (QED) is 0.821. The Morgan fingerprint density at radius 2 is 1.86 bits per heavy atom. The number of nitrogens with zero attached hydrogens (tertiary/aromatic N) is 1. The molecule has 0 bridgehead atoms. The Hall–Kier alpha value is -1.40. The maximum absolute atomic E-state index is 13.7. The lowest BCUT2D eigenvalue weighted by Crippen LogP contribution is -2.49. The van der Waals surface area contributed by atoms with Crippen LogP contribution in [-0.4, -0.2) is 47.1 Å². The fraction of sp³-hybridized carbons (Fsp3) is 0.867. The van der Waals surface area contributed by atoms with Crippen molar-refractivity contribution in [2.75, 3.05) is 13.1 Å². The maximum atomic E-state index is 13.7. The van der Waals surface area contributed by atoms with Crippen LogP contribution in [0.3, 0.4) is 0 Å². The van der Waals surface area contributed by atoms with E-state index in [1.165, 1.54) is 4.90 Å². The zero-order valence-electron chi connectivity index (χ0n) is 12.6. The number of carbonyl (C=O) groups is 2. The number of alkyl halides is 2. The van der Waals surface area contributed by atoms with E-state index >= 15 is 0 Å². The van der Waals surface area contributed by atoms with E-state index in [1.54, 1.807) is 6.92 Å². The minimum absolute atomic E-state index is 0.0453. The summed E-state index contributed by atoms with van der Waals surface area (Å²) >= 11 is 0. The van der Waals surface area contributed by atoms with Crippen LogP contribution in [0.5, 0.6) is 0 Å². The Morgan fingerprint density at radius 1 is 1.23 bits per heavy atom. The van der Waals surface area contributed by atoms with Crippen molar-refractivity contribution in [3.63, 3.8) is 0 Å². The van der Waals surface area contributed by atoms with Crippen LogP contribution in [0.4, 0.5) is 13.6 Å². The first-order valence-corrected chi connectivity index (χ1v) is 7.92. The number of fused-ring (bicyclic) bond motifs is 1. The molecule has 2 saturated carbocycles. The predicted octanol–water partition coefficient (Wildman–Crippen LogP) is 2.32. The van der Waals surface area contributed by atoms with Gasteiger partial charge in [0.25, 0.3) is 5.92 Å². The predicted molar refractivity (Wildman–Crippen MR) is 74.6 cm³/mol. The Labute approximate surface area is 128 Å². The van der Waals surface area contributed by atoms with Gasteiger partial charge in [-0.05, 0) is 32.1 Å². The van der Waals surface area contributed by atoms with Gasteiger partial charge in [0, 0.05) is 24.5 Å². The number of likely N-dealkylation sites (tertiary alicyclic amines) is 1. The van der Waals surface area contributed by atoms with E-state index in [-0.39, 0.29) is 24.5 Å². The highest BCUT2D eigenvalue weighted by Gasteiger charge is 2.78. The molecule has 0 aromatic heterocycles. The van der Waals surface area contributed by atoms with E-state index in [2.05, 4.69) is 5.32 Å². The number of rotatable bonds is 2. The van der Waals surface area contributed by atoms with Gasteiger partial charge in [-0.25, -0.2) is 13.6 Å². The molecule has 124 valence electrons. The van der Waals surface area contributed by atoms with Crippen LogP contribution >= 0.6 is 0 Å². The Morgan fingerprint density at radius 3 is 2.41 bits per heavy atom. The number of halogens is 2. The standard InChI is InChI=1S/C15H22F2N2O3/c1-14-6-7-19(8-11(14)15(14,16)17)13(22)18-10-4-2-9(3-5-10)12(20)21/h9-11H,2-8H2,1H3,(H,18,22)(H,20,21). The van der Waals surface area contributed by atoms with Crippen molar-refractivity contribution < 1.29 is 23.5 Å². The third kappa shape index (κ3) is 2.34. The minimum atomic E-state index is -2.65. The van der Waals surface area contributed by atoms with Gasteiger partial charge in [0.05, 0.1) is 11.8 Å². The number of piperidine rings is 1. The summed E-state index contributed by atoms with van der Waals surface area (Å²) in [5.74, 6) is -4.48. The minimum Gasteiger partial charge on any atom is -0.481 e. The number of carbonyl (C=O) groups excluding carboxylic acids is 1. The molecule has 3 aliphatic rings. The summed E-state index contributed by atoms with van der Waals surface area (Å²) in [7, 11) is 0. The number of urea groups is 1. The van der Waals surface area contributed by atoms with Crippen molar-refractivity contribution in [3.8, 4) is 0 Å². The van der Waals surface area contributed by atoms with E-state index in [0.717, 1.165) is 0 Å². The van der Waals surface area contributed by atoms with Gasteiger partial charge in [-0.3, -0.25) is 4.79 Å². The zero-order chi connectivity index (χ0) is 16.1. The summed E-state index contributed by atoms with van der Waals surface area (Å²) in [5.41, 5.74) is -0.927. The highest BCUT2D eigenvalue weighted by molar-refractivity contribution is 5.75. The second-order valence-corrected chi connectivity index (χ2v) is 7.13. The number of hydrogen-bond donors (Lipinski definition) is 2. The molecule has 3 rings (SSSR count). The lowest BCUT2D eigenvalue weighted by atomic mass is 9.86. The second kappa shape index (κ2) is 5.06. The molecule has 2 atom stereocenters. The highest BCUT2D eigenvalue weighted by Crippen LogP contribution is 2.69. The molecule has 2 N–H and O–H groups in total. The molecule has 1 saturated heterocycles. The molecule has 2 unspecified atom stereocenters. The van der Waals surface area contributed by atoms with Gasteiger partial charge in [-0.2, -0.15) is 0 Å². The van der Waals surface area contributed by atoms with Crippen molar-refractivity contribution in [1.82, 2.24) is 10.2 Å². The summed E-state index contributed by atoms with van der Waals surface area (Å²) < 4.78 is 27.4. The fourth-order valence-electron chi connectivity index (χ4n) is 3.95. The summed E-state index contributed by atoms with van der Waals surface area (Å²) in [6.07, 6.45) is 2.71. The average molecular weight is 316 g/mol. The van der Waals surface area contributed by atoms with Crippen LogP contribution in [0.15, 0.2) is 0 Å². The van der Waals surface area contributed by atoms with Crippen molar-refractivity contribution in [2.24, 2.45) is 17.3 Å². The van der Waals surface area contributed by atoms with Crippen molar-refractivity contribution in [2.45, 2.75) is 51.0 Å². The number of carboxylic acids is 1. The van der Waals surface area contributed by atoms with Crippen molar-refractivity contribution >= 4 is 12.0 Å². The first-order chi connectivity index (χ1) is 10.3. The molecule has 22 heavy (non-hydrogen) atoms. The Balaban J connectivity index is 1.49. The molecule has 0 aromatic rings. The Kier molecular flexibility index (Phi) is 3.57. The van der Waals surface area contributed by atoms with Gasteiger partial charge in [0.15, 0.2) is 0 Å². The van der Waals surface area contributed by atoms with E-state index in [4.69, 9.17) is 5.11 Å². The molecule has 5 nitrogen and oxygen atoms in total. The summed E-state index contributed by atoms with van der Waals surface area (Å²) in [5, 5.41) is 11.8. The largest absolute Gasteiger partial charge is 0.481 e. The van der Waals surface area contributed by atoms with Gasteiger partial charge in [0.1, 0.15) is 0 Å². The van der Waals surface area contributed by atoms with Crippen molar-refractivity contribution in [3.05, 3.63) is 0 Å². The molecule has 2 amide bonds. The smallest absolute Gasteiger partial charge is 0.317 e. The number of aliphatic carboxylic acids is 1. The second-order valence-electron chi connectivity index (χ2n) is 7.13. The molecule has 3 fully saturated rings. The van der Waals surface area contributed by atoms with Gasteiger partial charge < -0.3 is 15.3 Å². The summed E-state index contributed by atoms with van der Waals surface area (Å²) in [6, 6.07) is -0.334. The molecule has 7 heteroatoms. The summed E-state index contributed by atoms with van der Waals surface area (Å²) in [4.78, 5) is 24.6. The lowest BCUT2D eigenvalue weighted by molar-refractivity contribution is -0.142. The fourth-order valence-corrected chi connectivity index (χ4v) is 3.95. The van der Waals surface area contributed by atoms with Gasteiger partial charge in [-0.1, -0.05) is 6.92 Å². The molecule has 0 aromatic carbocycles. The van der Waals surface area contributed by atoms with Gasteiger partial charge >= 0.3 is 12.0 Å². The highest BCUT2D eigenvalue weighted by atomic mass is 19.3. The van der Waals surface area contributed by atoms with Crippen LogP contribution in [-0.2, 0) is 4.79 Å². The first-order valence-electron chi connectivity index (χ1n) is 7.92. The molecule has 1 heterocycles. The number of carboxylic acid groups (broad SMARTS) is 1. The van der Waals surface area contributed by atoms with Crippen LogP contribution in [0.25, 0.3) is 0 Å². The topological polar surface area (TPSA) is 69.6 Å². The molecule has 1 aliphatic heterocycles. The van der Waals surface area contributed by atoms with E-state index < -0.39 is 23.2 Å². The molecule has 0 spiro atoms. The maximum Gasteiger partial charge on any atom is 0.317 e. The monoisotopic (exact) mass is 316 g/mol. The van der Waals surface area contributed by atoms with E-state index in [0.29, 0.717) is 38.6 Å². The van der Waals surface area contributed by atoms with Gasteiger partial charge in [-0.15, -0.1) is 0 Å². The normalized spacial score (nSPS) is 39.8.